The van der Waals surface area contributed by atoms with Gasteiger partial charge in [0.05, 0.1) is 0 Å². The molecule has 1 aromatic rings. The first-order chi connectivity index (χ1) is 4.86. The number of hydrazine groups is 1. The molecule has 1 aromatic heterocycles. The topological polar surface area (TPSA) is 42.1 Å². The Morgan fingerprint density at radius 3 is 3.00 bits per heavy atom. The Balaban J connectivity index is 2.42. The molecule has 0 saturated carbocycles. The van der Waals surface area contributed by atoms with E-state index in [1.54, 1.807) is 11.2 Å². The number of pyridine rings is 1. The summed E-state index contributed by atoms with van der Waals surface area (Å²) in [6.07, 6.45) is 3.68. The van der Waals surface area contributed by atoms with Crippen molar-refractivity contribution in [1.82, 2.24) is 9.99 Å². The molecule has 10 heavy (non-hydrogen) atoms. The van der Waals surface area contributed by atoms with Gasteiger partial charge < -0.3 is 0 Å². The van der Waals surface area contributed by atoms with Crippen molar-refractivity contribution in [3.05, 3.63) is 29.6 Å². The van der Waals surface area contributed by atoms with E-state index in [9.17, 15) is 0 Å². The smallest absolute Gasteiger partial charge is 0.0401 e. The summed E-state index contributed by atoms with van der Waals surface area (Å²) in [6, 6.07) is 2.02. The van der Waals surface area contributed by atoms with Crippen molar-refractivity contribution in [2.45, 2.75) is 13.1 Å². The molecule has 0 aliphatic carbocycles. The van der Waals surface area contributed by atoms with E-state index in [0.29, 0.717) is 0 Å². The summed E-state index contributed by atoms with van der Waals surface area (Å²) in [5.74, 6) is 5.59. The van der Waals surface area contributed by atoms with Crippen molar-refractivity contribution in [1.29, 1.82) is 0 Å². The fraction of sp³-hybridized carbons (Fsp3) is 0.286. The zero-order valence-corrected chi connectivity index (χ0v) is 5.62. The first-order valence-electron chi connectivity index (χ1n) is 3.27. The maximum Gasteiger partial charge on any atom is 0.0401 e. The average Bonchev–Trinajstić information content (AvgIpc) is 2.27. The van der Waals surface area contributed by atoms with E-state index in [4.69, 9.17) is 5.84 Å². The highest BCUT2D eigenvalue weighted by molar-refractivity contribution is 5.26. The van der Waals surface area contributed by atoms with Gasteiger partial charge in [-0.3, -0.25) is 10.8 Å². The lowest BCUT2D eigenvalue weighted by molar-refractivity contribution is 0.295. The van der Waals surface area contributed by atoms with E-state index in [1.165, 1.54) is 11.1 Å². The summed E-state index contributed by atoms with van der Waals surface area (Å²) in [6.45, 7) is 1.70. The summed E-state index contributed by atoms with van der Waals surface area (Å²) < 4.78 is 0. The minimum Gasteiger partial charge on any atom is -0.268 e. The summed E-state index contributed by atoms with van der Waals surface area (Å²) in [7, 11) is 0. The van der Waals surface area contributed by atoms with Crippen LogP contribution in [0.5, 0.6) is 0 Å². The highest BCUT2D eigenvalue weighted by atomic mass is 15.4. The van der Waals surface area contributed by atoms with Crippen LogP contribution in [0.4, 0.5) is 0 Å². The van der Waals surface area contributed by atoms with Gasteiger partial charge in [0, 0.05) is 25.5 Å². The van der Waals surface area contributed by atoms with Crippen LogP contribution in [0.25, 0.3) is 0 Å². The second kappa shape index (κ2) is 2.04. The zero-order chi connectivity index (χ0) is 6.97. The molecule has 0 amide bonds. The van der Waals surface area contributed by atoms with Gasteiger partial charge in [0.25, 0.3) is 0 Å². The summed E-state index contributed by atoms with van der Waals surface area (Å²) in [5.41, 5.74) is 2.56. The van der Waals surface area contributed by atoms with Crippen LogP contribution in [0.15, 0.2) is 18.5 Å². The molecule has 0 saturated heterocycles. The third-order valence-corrected chi connectivity index (χ3v) is 1.75. The van der Waals surface area contributed by atoms with Crippen LogP contribution >= 0.6 is 0 Å². The maximum absolute atomic E-state index is 5.59. The maximum atomic E-state index is 5.59. The van der Waals surface area contributed by atoms with E-state index >= 15 is 0 Å². The van der Waals surface area contributed by atoms with Gasteiger partial charge in [0.15, 0.2) is 0 Å². The monoisotopic (exact) mass is 135 g/mol. The molecule has 3 nitrogen and oxygen atoms in total. The molecule has 0 aromatic carbocycles. The standard InChI is InChI=1S/C7H9N3/c8-10-4-6-1-2-9-3-7(6)5-10/h1-3H,4-5,8H2. The van der Waals surface area contributed by atoms with Crippen molar-refractivity contribution in [2.75, 3.05) is 0 Å². The molecule has 2 rings (SSSR count). The van der Waals surface area contributed by atoms with Crippen molar-refractivity contribution in [3.63, 3.8) is 0 Å². The molecule has 0 radical (unpaired) electrons. The van der Waals surface area contributed by atoms with Crippen LogP contribution in [0.2, 0.25) is 0 Å². The molecule has 0 atom stereocenters. The molecule has 0 fully saturated rings. The lowest BCUT2D eigenvalue weighted by atomic mass is 10.2. The number of hydrogen-bond acceptors (Lipinski definition) is 3. The molecule has 1 aliphatic rings. The Hall–Kier alpha value is -0.930. The van der Waals surface area contributed by atoms with Crippen LogP contribution in [0.3, 0.4) is 0 Å². The molecule has 2 heterocycles. The quantitative estimate of drug-likeness (QED) is 0.519. The molecule has 0 unspecified atom stereocenters. The minimum absolute atomic E-state index is 0.836. The van der Waals surface area contributed by atoms with E-state index in [-0.39, 0.29) is 0 Å². The number of fused-ring (bicyclic) bond motifs is 1. The van der Waals surface area contributed by atoms with Gasteiger partial charge in [-0.1, -0.05) is 0 Å². The molecule has 1 aliphatic heterocycles. The highest BCUT2D eigenvalue weighted by Crippen LogP contribution is 2.17. The largest absolute Gasteiger partial charge is 0.268 e. The zero-order valence-electron chi connectivity index (χ0n) is 5.62. The van der Waals surface area contributed by atoms with Gasteiger partial charge in [-0.25, -0.2) is 5.01 Å². The van der Waals surface area contributed by atoms with Gasteiger partial charge in [-0.05, 0) is 17.2 Å². The number of nitrogens with zero attached hydrogens (tertiary/aromatic N) is 2. The Labute approximate surface area is 59.4 Å². The molecule has 52 valence electrons. The van der Waals surface area contributed by atoms with Crippen LogP contribution in [-0.4, -0.2) is 9.99 Å². The van der Waals surface area contributed by atoms with Crippen LogP contribution in [0.1, 0.15) is 11.1 Å². The van der Waals surface area contributed by atoms with E-state index in [2.05, 4.69) is 4.98 Å². The molecule has 0 spiro atoms. The van der Waals surface area contributed by atoms with Gasteiger partial charge in [-0.2, -0.15) is 0 Å². The Morgan fingerprint density at radius 2 is 2.20 bits per heavy atom. The first-order valence-corrected chi connectivity index (χ1v) is 3.27. The van der Waals surface area contributed by atoms with Crippen molar-refractivity contribution >= 4 is 0 Å². The lowest BCUT2D eigenvalue weighted by Gasteiger charge is -2.02. The Morgan fingerprint density at radius 1 is 1.40 bits per heavy atom. The van der Waals surface area contributed by atoms with Crippen molar-refractivity contribution in [2.24, 2.45) is 5.84 Å². The fourth-order valence-corrected chi connectivity index (χ4v) is 1.25. The molecule has 3 heteroatoms. The van der Waals surface area contributed by atoms with Crippen molar-refractivity contribution in [3.8, 4) is 0 Å². The van der Waals surface area contributed by atoms with Crippen LogP contribution in [-0.2, 0) is 13.1 Å². The lowest BCUT2D eigenvalue weighted by Crippen LogP contribution is -2.23. The van der Waals surface area contributed by atoms with E-state index in [0.717, 1.165) is 13.1 Å². The third kappa shape index (κ3) is 0.798. The third-order valence-electron chi connectivity index (χ3n) is 1.75. The SMILES string of the molecule is NN1Cc2ccncc2C1. The van der Waals surface area contributed by atoms with Crippen molar-refractivity contribution < 1.29 is 0 Å². The Kier molecular flexibility index (Phi) is 1.19. The molecular formula is C7H9N3. The normalized spacial score (nSPS) is 17.3. The second-order valence-corrected chi connectivity index (χ2v) is 2.55. The van der Waals surface area contributed by atoms with E-state index < -0.39 is 0 Å². The minimum atomic E-state index is 0.836. The van der Waals surface area contributed by atoms with Gasteiger partial charge >= 0.3 is 0 Å². The van der Waals surface area contributed by atoms with Gasteiger partial charge in [0.1, 0.15) is 0 Å². The molecular weight excluding hydrogens is 126 g/mol. The second-order valence-electron chi connectivity index (χ2n) is 2.55. The van der Waals surface area contributed by atoms with Crippen LogP contribution < -0.4 is 5.84 Å². The first kappa shape index (κ1) is 5.82. The summed E-state index contributed by atoms with van der Waals surface area (Å²) in [5, 5.41) is 1.78. The van der Waals surface area contributed by atoms with Gasteiger partial charge in [0.2, 0.25) is 0 Å². The number of rotatable bonds is 0. The Bertz CT molecular complexity index is 221. The van der Waals surface area contributed by atoms with E-state index in [1.807, 2.05) is 12.3 Å². The molecule has 0 bridgehead atoms. The summed E-state index contributed by atoms with van der Waals surface area (Å²) in [4.78, 5) is 4.01. The number of hydrogen-bond donors (Lipinski definition) is 1. The number of aromatic nitrogens is 1. The van der Waals surface area contributed by atoms with Gasteiger partial charge in [-0.15, -0.1) is 0 Å². The predicted molar refractivity (Wildman–Crippen MR) is 37.7 cm³/mol. The summed E-state index contributed by atoms with van der Waals surface area (Å²) >= 11 is 0. The highest BCUT2D eigenvalue weighted by Gasteiger charge is 2.14. The average molecular weight is 135 g/mol. The fourth-order valence-electron chi connectivity index (χ4n) is 1.25. The molecule has 2 N–H and O–H groups in total. The predicted octanol–water partition coefficient (Wildman–Crippen LogP) is 0.271. The number of nitrogens with two attached hydrogens (primary N) is 1. The van der Waals surface area contributed by atoms with Crippen LogP contribution in [0, 0.1) is 0 Å².